The zero-order chi connectivity index (χ0) is 14.8. The summed E-state index contributed by atoms with van der Waals surface area (Å²) in [4.78, 5) is 12.0. The highest BCUT2D eigenvalue weighted by molar-refractivity contribution is 7.18. The van der Waals surface area contributed by atoms with Crippen LogP contribution in [0.4, 0.5) is 18.9 Å². The van der Waals surface area contributed by atoms with Gasteiger partial charge in [0.05, 0.1) is 20.5 Å². The lowest BCUT2D eigenvalue weighted by molar-refractivity contribution is -0.137. The largest absolute Gasteiger partial charge is 0.418 e. The van der Waals surface area contributed by atoms with Crippen molar-refractivity contribution < 1.29 is 18.0 Å². The molecule has 0 aliphatic rings. The Labute approximate surface area is 121 Å². The van der Waals surface area contributed by atoms with Gasteiger partial charge in [0, 0.05) is 0 Å². The van der Waals surface area contributed by atoms with Gasteiger partial charge in [-0.25, -0.2) is 0 Å². The number of alkyl halides is 3. The van der Waals surface area contributed by atoms with E-state index < -0.39 is 17.6 Å². The van der Waals surface area contributed by atoms with Gasteiger partial charge in [-0.05, 0) is 24.3 Å². The minimum absolute atomic E-state index is 0.226. The predicted molar refractivity (Wildman–Crippen MR) is 71.9 cm³/mol. The third-order valence-corrected chi connectivity index (χ3v) is 3.57. The van der Waals surface area contributed by atoms with Gasteiger partial charge in [0.1, 0.15) is 0 Å². The first-order valence-corrected chi connectivity index (χ1v) is 6.55. The first-order chi connectivity index (χ1) is 9.38. The van der Waals surface area contributed by atoms with Crippen LogP contribution < -0.4 is 10.9 Å². The number of hydrogen-bond acceptors (Lipinski definition) is 3. The number of amides is 1. The molecule has 0 fully saturated rings. The molecule has 0 atom stereocenters. The molecule has 3 nitrogen and oxygen atoms in total. The van der Waals surface area contributed by atoms with Gasteiger partial charge in [0.15, 0.2) is 0 Å². The Morgan fingerprint density at radius 2 is 1.85 bits per heavy atom. The lowest BCUT2D eigenvalue weighted by Crippen LogP contribution is -2.29. The molecule has 0 saturated heterocycles. The minimum atomic E-state index is -4.50. The van der Waals surface area contributed by atoms with Crippen molar-refractivity contribution in [2.75, 3.05) is 5.43 Å². The number of hydrogen-bond donors (Lipinski definition) is 2. The van der Waals surface area contributed by atoms with E-state index in [1.165, 1.54) is 30.3 Å². The standard InChI is InChI=1S/C12H8ClF3N2OS/c13-10-6-5-9(20-10)11(19)18-17-8-4-2-1-3-7(8)12(14,15)16/h1-6,17H,(H,18,19). The Balaban J connectivity index is 2.10. The second kappa shape index (κ2) is 5.72. The van der Waals surface area contributed by atoms with Crippen LogP contribution in [0.2, 0.25) is 4.34 Å². The molecule has 2 aromatic rings. The number of carbonyl (C=O) groups is 1. The Morgan fingerprint density at radius 1 is 1.15 bits per heavy atom. The van der Waals surface area contributed by atoms with E-state index in [0.29, 0.717) is 9.21 Å². The maximum atomic E-state index is 12.7. The third-order valence-electron chi connectivity index (χ3n) is 2.34. The van der Waals surface area contributed by atoms with E-state index in [4.69, 9.17) is 11.6 Å². The molecule has 1 aromatic heterocycles. The number of thiophene rings is 1. The molecule has 0 aliphatic heterocycles. The third kappa shape index (κ3) is 3.43. The SMILES string of the molecule is O=C(NNc1ccccc1C(F)(F)F)c1ccc(Cl)s1. The summed E-state index contributed by atoms with van der Waals surface area (Å²) in [5, 5.41) is 0. The number of anilines is 1. The molecule has 0 saturated carbocycles. The number of para-hydroxylation sites is 1. The number of rotatable bonds is 3. The molecular formula is C12H8ClF3N2OS. The average Bonchev–Trinajstić information content (AvgIpc) is 2.82. The van der Waals surface area contributed by atoms with Crippen molar-refractivity contribution in [1.29, 1.82) is 0 Å². The number of nitrogens with one attached hydrogen (secondary N) is 2. The van der Waals surface area contributed by atoms with Crippen molar-refractivity contribution in [3.05, 3.63) is 51.2 Å². The summed E-state index contributed by atoms with van der Waals surface area (Å²) in [6, 6.07) is 7.88. The Hall–Kier alpha value is -1.73. The number of benzene rings is 1. The van der Waals surface area contributed by atoms with Crippen molar-refractivity contribution in [3.8, 4) is 0 Å². The fraction of sp³-hybridized carbons (Fsp3) is 0.0833. The van der Waals surface area contributed by atoms with Crippen LogP contribution in [-0.4, -0.2) is 5.91 Å². The minimum Gasteiger partial charge on any atom is -0.298 e. The van der Waals surface area contributed by atoms with Crippen LogP contribution in [0.3, 0.4) is 0 Å². The predicted octanol–water partition coefficient (Wildman–Crippen LogP) is 4.18. The molecule has 0 bridgehead atoms. The van der Waals surface area contributed by atoms with Gasteiger partial charge in [-0.3, -0.25) is 15.6 Å². The highest BCUT2D eigenvalue weighted by atomic mass is 35.5. The monoisotopic (exact) mass is 320 g/mol. The van der Waals surface area contributed by atoms with Crippen molar-refractivity contribution in [2.24, 2.45) is 0 Å². The summed E-state index contributed by atoms with van der Waals surface area (Å²) in [5.41, 5.74) is 3.39. The summed E-state index contributed by atoms with van der Waals surface area (Å²) in [7, 11) is 0. The van der Waals surface area contributed by atoms with E-state index in [-0.39, 0.29) is 5.69 Å². The normalized spacial score (nSPS) is 11.2. The fourth-order valence-electron chi connectivity index (χ4n) is 1.46. The summed E-state index contributed by atoms with van der Waals surface area (Å²) in [5.74, 6) is -0.557. The molecule has 1 amide bonds. The van der Waals surface area contributed by atoms with Gasteiger partial charge >= 0.3 is 6.18 Å². The summed E-state index contributed by atoms with van der Waals surface area (Å²) in [6.45, 7) is 0. The van der Waals surface area contributed by atoms with Crippen LogP contribution in [0.5, 0.6) is 0 Å². The van der Waals surface area contributed by atoms with Gasteiger partial charge < -0.3 is 0 Å². The zero-order valence-electron chi connectivity index (χ0n) is 9.79. The quantitative estimate of drug-likeness (QED) is 0.833. The van der Waals surface area contributed by atoms with Crippen molar-refractivity contribution in [3.63, 3.8) is 0 Å². The number of halogens is 4. The zero-order valence-corrected chi connectivity index (χ0v) is 11.4. The van der Waals surface area contributed by atoms with Crippen LogP contribution in [0.15, 0.2) is 36.4 Å². The Kier molecular flexibility index (Phi) is 4.20. The Morgan fingerprint density at radius 3 is 2.45 bits per heavy atom. The van der Waals surface area contributed by atoms with Crippen LogP contribution in [0.1, 0.15) is 15.2 Å². The smallest absolute Gasteiger partial charge is 0.298 e. The lowest BCUT2D eigenvalue weighted by Gasteiger charge is -2.14. The lowest BCUT2D eigenvalue weighted by atomic mass is 10.2. The molecule has 2 N–H and O–H groups in total. The highest BCUT2D eigenvalue weighted by Crippen LogP contribution is 2.34. The number of hydrazine groups is 1. The van der Waals surface area contributed by atoms with Crippen LogP contribution in [0.25, 0.3) is 0 Å². The number of carbonyl (C=O) groups excluding carboxylic acids is 1. The van der Waals surface area contributed by atoms with E-state index in [0.717, 1.165) is 17.4 Å². The van der Waals surface area contributed by atoms with Crippen LogP contribution in [-0.2, 0) is 6.18 Å². The summed E-state index contributed by atoms with van der Waals surface area (Å²) >= 11 is 6.71. The molecular weight excluding hydrogens is 313 g/mol. The van der Waals surface area contributed by atoms with Crippen molar-refractivity contribution >= 4 is 34.5 Å². The van der Waals surface area contributed by atoms with E-state index in [9.17, 15) is 18.0 Å². The molecule has 0 aliphatic carbocycles. The van der Waals surface area contributed by atoms with Gasteiger partial charge in [0.25, 0.3) is 5.91 Å². The molecule has 0 spiro atoms. The first kappa shape index (κ1) is 14.7. The molecule has 1 heterocycles. The molecule has 106 valence electrons. The van der Waals surface area contributed by atoms with Gasteiger partial charge in [-0.15, -0.1) is 11.3 Å². The maximum absolute atomic E-state index is 12.7. The highest BCUT2D eigenvalue weighted by Gasteiger charge is 2.33. The molecule has 0 unspecified atom stereocenters. The fourth-order valence-corrected chi connectivity index (χ4v) is 2.40. The second-order valence-electron chi connectivity index (χ2n) is 3.73. The van der Waals surface area contributed by atoms with Crippen LogP contribution in [0, 0.1) is 0 Å². The molecule has 20 heavy (non-hydrogen) atoms. The average molecular weight is 321 g/mol. The van der Waals surface area contributed by atoms with Gasteiger partial charge in [-0.1, -0.05) is 23.7 Å². The van der Waals surface area contributed by atoms with E-state index in [2.05, 4.69) is 10.9 Å². The maximum Gasteiger partial charge on any atom is 0.418 e. The van der Waals surface area contributed by atoms with Gasteiger partial charge in [-0.2, -0.15) is 13.2 Å². The first-order valence-electron chi connectivity index (χ1n) is 5.36. The summed E-state index contributed by atoms with van der Waals surface area (Å²) in [6.07, 6.45) is -4.50. The van der Waals surface area contributed by atoms with E-state index in [1.807, 2.05) is 0 Å². The van der Waals surface area contributed by atoms with E-state index >= 15 is 0 Å². The Bertz CT molecular complexity index is 627. The van der Waals surface area contributed by atoms with Gasteiger partial charge in [0.2, 0.25) is 0 Å². The van der Waals surface area contributed by atoms with Crippen molar-refractivity contribution in [1.82, 2.24) is 5.43 Å². The second-order valence-corrected chi connectivity index (χ2v) is 5.44. The molecule has 1 aromatic carbocycles. The van der Waals surface area contributed by atoms with E-state index in [1.54, 1.807) is 0 Å². The molecule has 2 rings (SSSR count). The molecule has 0 radical (unpaired) electrons. The van der Waals surface area contributed by atoms with Crippen LogP contribution >= 0.6 is 22.9 Å². The molecule has 8 heteroatoms. The topological polar surface area (TPSA) is 41.1 Å². The summed E-state index contributed by atoms with van der Waals surface area (Å²) < 4.78 is 38.6. The van der Waals surface area contributed by atoms with Crippen molar-refractivity contribution in [2.45, 2.75) is 6.18 Å².